The van der Waals surface area contributed by atoms with Crippen molar-refractivity contribution in [2.45, 2.75) is 12.0 Å². The highest BCUT2D eigenvalue weighted by molar-refractivity contribution is 5.14. The lowest BCUT2D eigenvalue weighted by molar-refractivity contribution is 0.124. The van der Waals surface area contributed by atoms with E-state index in [9.17, 15) is 5.11 Å². The van der Waals surface area contributed by atoms with Crippen molar-refractivity contribution >= 4 is 0 Å². The van der Waals surface area contributed by atoms with E-state index in [2.05, 4.69) is 5.10 Å². The number of aliphatic hydroxyl groups excluding tert-OH is 1. The largest absolute Gasteiger partial charge is 0.390 e. The molecule has 2 heterocycles. The molecule has 1 saturated heterocycles. The monoisotopic (exact) mass is 168 g/mol. The van der Waals surface area contributed by atoms with Crippen LogP contribution in [0.15, 0.2) is 12.4 Å². The lowest BCUT2D eigenvalue weighted by atomic mass is 10.00. The lowest BCUT2D eigenvalue weighted by Gasteiger charge is -2.08. The molecule has 4 heteroatoms. The molecule has 4 nitrogen and oxygen atoms in total. The summed E-state index contributed by atoms with van der Waals surface area (Å²) in [6.45, 7) is 1.05. The molecule has 0 radical (unpaired) electrons. The molecule has 1 aromatic heterocycles. The van der Waals surface area contributed by atoms with Crippen LogP contribution in [-0.4, -0.2) is 34.2 Å². The predicted octanol–water partition coefficient (Wildman–Crippen LogP) is -0.105. The van der Waals surface area contributed by atoms with Crippen molar-refractivity contribution in [2.75, 3.05) is 13.2 Å². The summed E-state index contributed by atoms with van der Waals surface area (Å²) < 4.78 is 6.88. The highest BCUT2D eigenvalue weighted by atomic mass is 16.5. The lowest BCUT2D eigenvalue weighted by Crippen LogP contribution is -2.14. The Morgan fingerprint density at radius 2 is 2.50 bits per heavy atom. The highest BCUT2D eigenvalue weighted by Gasteiger charge is 2.28. The molecule has 12 heavy (non-hydrogen) atoms. The van der Waals surface area contributed by atoms with Crippen LogP contribution in [0.2, 0.25) is 0 Å². The van der Waals surface area contributed by atoms with E-state index in [1.807, 2.05) is 13.2 Å². The van der Waals surface area contributed by atoms with Crippen molar-refractivity contribution in [1.29, 1.82) is 0 Å². The fourth-order valence-corrected chi connectivity index (χ4v) is 1.49. The molecule has 0 aliphatic carbocycles. The maximum atomic E-state index is 9.49. The van der Waals surface area contributed by atoms with Crippen molar-refractivity contribution in [1.82, 2.24) is 9.78 Å². The molecule has 0 amide bonds. The topological polar surface area (TPSA) is 47.3 Å². The smallest absolute Gasteiger partial charge is 0.0865 e. The summed E-state index contributed by atoms with van der Waals surface area (Å²) >= 11 is 0. The van der Waals surface area contributed by atoms with Crippen molar-refractivity contribution in [3.63, 3.8) is 0 Å². The molecule has 1 aromatic rings. The zero-order valence-electron chi connectivity index (χ0n) is 6.97. The third-order valence-electron chi connectivity index (χ3n) is 2.20. The quantitative estimate of drug-likeness (QED) is 0.636. The Balaban J connectivity index is 2.19. The normalized spacial score (nSPS) is 29.5. The van der Waals surface area contributed by atoms with Crippen molar-refractivity contribution < 1.29 is 9.84 Å². The van der Waals surface area contributed by atoms with Crippen LogP contribution in [0.3, 0.4) is 0 Å². The maximum absolute atomic E-state index is 9.49. The average molecular weight is 168 g/mol. The Morgan fingerprint density at radius 1 is 1.67 bits per heavy atom. The maximum Gasteiger partial charge on any atom is 0.0865 e. The first-order valence-corrected chi connectivity index (χ1v) is 4.02. The van der Waals surface area contributed by atoms with Gasteiger partial charge in [0.2, 0.25) is 0 Å². The molecule has 0 aromatic carbocycles. The molecule has 66 valence electrons. The van der Waals surface area contributed by atoms with Gasteiger partial charge in [-0.2, -0.15) is 5.10 Å². The van der Waals surface area contributed by atoms with E-state index >= 15 is 0 Å². The van der Waals surface area contributed by atoms with Crippen LogP contribution in [0.25, 0.3) is 0 Å². The predicted molar refractivity (Wildman–Crippen MR) is 42.8 cm³/mol. The number of nitrogens with zero attached hydrogens (tertiary/aromatic N) is 2. The fraction of sp³-hybridized carbons (Fsp3) is 0.625. The third kappa shape index (κ3) is 1.23. The van der Waals surface area contributed by atoms with Crippen molar-refractivity contribution in [3.05, 3.63) is 18.0 Å². The van der Waals surface area contributed by atoms with Crippen LogP contribution in [0.4, 0.5) is 0 Å². The fourth-order valence-electron chi connectivity index (χ4n) is 1.49. The third-order valence-corrected chi connectivity index (χ3v) is 2.20. The number of aromatic nitrogens is 2. The van der Waals surface area contributed by atoms with E-state index in [-0.39, 0.29) is 12.0 Å². The molecule has 2 rings (SSSR count). The first-order valence-electron chi connectivity index (χ1n) is 4.02. The summed E-state index contributed by atoms with van der Waals surface area (Å²) in [4.78, 5) is 0. The molecule has 0 bridgehead atoms. The second-order valence-corrected chi connectivity index (χ2v) is 3.16. The number of aliphatic hydroxyl groups is 1. The number of hydrogen-bond acceptors (Lipinski definition) is 3. The van der Waals surface area contributed by atoms with Crippen LogP contribution in [0.1, 0.15) is 11.5 Å². The zero-order chi connectivity index (χ0) is 8.55. The standard InChI is InChI=1S/C8H12N2O2/c1-10-3-6(2-9-10)7-4-12-5-8(7)11/h2-3,7-8,11H,4-5H2,1H3/t7-,8+/m0/s1. The Labute approximate surface area is 70.8 Å². The van der Waals surface area contributed by atoms with Gasteiger partial charge in [-0.25, -0.2) is 0 Å². The summed E-state index contributed by atoms with van der Waals surface area (Å²) in [6, 6.07) is 0. The molecular formula is C8H12N2O2. The van der Waals surface area contributed by atoms with E-state index in [0.717, 1.165) is 5.56 Å². The molecule has 1 aliphatic heterocycles. The molecular weight excluding hydrogens is 156 g/mol. The summed E-state index contributed by atoms with van der Waals surface area (Å²) in [6.07, 6.45) is 3.33. The van der Waals surface area contributed by atoms with E-state index in [1.165, 1.54) is 0 Å². The molecule has 0 spiro atoms. The first-order chi connectivity index (χ1) is 5.77. The number of rotatable bonds is 1. The number of hydrogen-bond donors (Lipinski definition) is 1. The number of ether oxygens (including phenoxy) is 1. The van der Waals surface area contributed by atoms with Gasteiger partial charge in [-0.3, -0.25) is 4.68 Å². The average Bonchev–Trinajstić information content (AvgIpc) is 2.58. The molecule has 0 saturated carbocycles. The van der Waals surface area contributed by atoms with E-state index in [1.54, 1.807) is 10.9 Å². The van der Waals surface area contributed by atoms with Crippen LogP contribution in [-0.2, 0) is 11.8 Å². The van der Waals surface area contributed by atoms with Gasteiger partial charge in [-0.1, -0.05) is 0 Å². The van der Waals surface area contributed by atoms with Gasteiger partial charge in [-0.15, -0.1) is 0 Å². The van der Waals surface area contributed by atoms with E-state index in [4.69, 9.17) is 4.74 Å². The van der Waals surface area contributed by atoms with Gasteiger partial charge in [0.05, 0.1) is 25.5 Å². The van der Waals surface area contributed by atoms with Crippen LogP contribution < -0.4 is 0 Å². The molecule has 0 unspecified atom stereocenters. The highest BCUT2D eigenvalue weighted by Crippen LogP contribution is 2.24. The summed E-state index contributed by atoms with van der Waals surface area (Å²) in [5.41, 5.74) is 1.06. The molecule has 1 fully saturated rings. The molecule has 1 N–H and O–H groups in total. The van der Waals surface area contributed by atoms with Gasteiger partial charge >= 0.3 is 0 Å². The Hall–Kier alpha value is -0.870. The van der Waals surface area contributed by atoms with Crippen LogP contribution >= 0.6 is 0 Å². The van der Waals surface area contributed by atoms with Crippen LogP contribution in [0, 0.1) is 0 Å². The Kier molecular flexibility index (Phi) is 1.86. The minimum atomic E-state index is -0.366. The first kappa shape index (κ1) is 7.76. The van der Waals surface area contributed by atoms with E-state index < -0.39 is 0 Å². The van der Waals surface area contributed by atoms with Crippen molar-refractivity contribution in [2.24, 2.45) is 7.05 Å². The van der Waals surface area contributed by atoms with Gasteiger partial charge < -0.3 is 9.84 Å². The van der Waals surface area contributed by atoms with Gasteiger partial charge in [0.15, 0.2) is 0 Å². The van der Waals surface area contributed by atoms with E-state index in [0.29, 0.717) is 13.2 Å². The van der Waals surface area contributed by atoms with Gasteiger partial charge in [0.25, 0.3) is 0 Å². The van der Waals surface area contributed by atoms with Gasteiger partial charge in [0.1, 0.15) is 0 Å². The van der Waals surface area contributed by atoms with Gasteiger partial charge in [0, 0.05) is 19.2 Å². The summed E-state index contributed by atoms with van der Waals surface area (Å²) in [5.74, 6) is 0.110. The Morgan fingerprint density at radius 3 is 3.00 bits per heavy atom. The second-order valence-electron chi connectivity index (χ2n) is 3.16. The zero-order valence-corrected chi connectivity index (χ0v) is 6.97. The van der Waals surface area contributed by atoms with Gasteiger partial charge in [-0.05, 0) is 5.56 Å². The second kappa shape index (κ2) is 2.88. The molecule has 1 aliphatic rings. The number of aryl methyl sites for hydroxylation is 1. The Bertz CT molecular complexity index is 272. The molecule has 2 atom stereocenters. The summed E-state index contributed by atoms with van der Waals surface area (Å²) in [7, 11) is 1.87. The summed E-state index contributed by atoms with van der Waals surface area (Å²) in [5, 5.41) is 13.5. The minimum absolute atomic E-state index is 0.110. The minimum Gasteiger partial charge on any atom is -0.390 e. The van der Waals surface area contributed by atoms with Crippen LogP contribution in [0.5, 0.6) is 0 Å². The van der Waals surface area contributed by atoms with Crippen molar-refractivity contribution in [3.8, 4) is 0 Å². The SMILES string of the molecule is Cn1cc([C@@H]2COC[C@H]2O)cn1.